The fourth-order valence-electron chi connectivity index (χ4n) is 4.11. The Labute approximate surface area is 191 Å². The van der Waals surface area contributed by atoms with Crippen LogP contribution >= 0.6 is 11.6 Å². The van der Waals surface area contributed by atoms with Crippen molar-refractivity contribution in [3.05, 3.63) is 76.8 Å². The molecular formula is C23H26ClFN6O. The fourth-order valence-corrected chi connectivity index (χ4v) is 4.23. The molecule has 0 saturated carbocycles. The number of tetrazole rings is 1. The molecule has 0 unspecified atom stereocenters. The van der Waals surface area contributed by atoms with Crippen molar-refractivity contribution in [3.63, 3.8) is 0 Å². The molecular weight excluding hydrogens is 431 g/mol. The third-order valence-corrected chi connectivity index (χ3v) is 6.10. The largest absolute Gasteiger partial charge is 0.353 e. The highest BCUT2D eigenvalue weighted by molar-refractivity contribution is 6.30. The van der Waals surface area contributed by atoms with E-state index < -0.39 is 0 Å². The molecule has 32 heavy (non-hydrogen) atoms. The number of nitrogens with zero attached hydrogens (tertiary/aromatic N) is 5. The molecule has 1 atom stereocenters. The van der Waals surface area contributed by atoms with E-state index in [0.717, 1.165) is 43.6 Å². The predicted molar refractivity (Wildman–Crippen MR) is 119 cm³/mol. The van der Waals surface area contributed by atoms with Crippen molar-refractivity contribution < 1.29 is 9.18 Å². The first-order valence-electron chi connectivity index (χ1n) is 10.8. The first-order valence-corrected chi connectivity index (χ1v) is 11.2. The van der Waals surface area contributed by atoms with Crippen molar-refractivity contribution in [2.24, 2.45) is 0 Å². The van der Waals surface area contributed by atoms with E-state index in [2.05, 4.69) is 25.7 Å². The minimum Gasteiger partial charge on any atom is -0.353 e. The number of hydrogen-bond donors (Lipinski definition) is 1. The molecule has 7 nitrogen and oxygen atoms in total. The maximum absolute atomic E-state index is 13.1. The van der Waals surface area contributed by atoms with Gasteiger partial charge in [-0.25, -0.2) is 9.07 Å². The van der Waals surface area contributed by atoms with E-state index in [0.29, 0.717) is 18.0 Å². The molecule has 1 fully saturated rings. The summed E-state index contributed by atoms with van der Waals surface area (Å²) < 4.78 is 14.7. The van der Waals surface area contributed by atoms with Gasteiger partial charge in [0.1, 0.15) is 12.1 Å². The summed E-state index contributed by atoms with van der Waals surface area (Å²) in [7, 11) is 0. The highest BCUT2D eigenvalue weighted by Crippen LogP contribution is 2.24. The van der Waals surface area contributed by atoms with Crippen LogP contribution in [0.5, 0.6) is 0 Å². The van der Waals surface area contributed by atoms with Crippen LogP contribution in [0.1, 0.15) is 36.3 Å². The number of likely N-dealkylation sites (tertiary alicyclic amines) is 1. The highest BCUT2D eigenvalue weighted by atomic mass is 35.5. The molecule has 0 bridgehead atoms. The van der Waals surface area contributed by atoms with Crippen molar-refractivity contribution in [2.45, 2.75) is 44.3 Å². The first kappa shape index (κ1) is 22.4. The molecule has 1 aromatic heterocycles. The summed E-state index contributed by atoms with van der Waals surface area (Å²) in [6, 6.07) is 14.3. The predicted octanol–water partition coefficient (Wildman–Crippen LogP) is 3.42. The van der Waals surface area contributed by atoms with Gasteiger partial charge in [0.25, 0.3) is 0 Å². The van der Waals surface area contributed by atoms with Gasteiger partial charge in [-0.15, -0.1) is 5.10 Å². The van der Waals surface area contributed by atoms with E-state index in [4.69, 9.17) is 11.6 Å². The minimum atomic E-state index is -0.216. The van der Waals surface area contributed by atoms with Crippen molar-refractivity contribution >= 4 is 17.5 Å². The lowest BCUT2D eigenvalue weighted by Crippen LogP contribution is -2.44. The van der Waals surface area contributed by atoms with E-state index in [1.165, 1.54) is 12.1 Å². The fraction of sp³-hybridized carbons (Fsp3) is 0.391. The summed E-state index contributed by atoms with van der Waals surface area (Å²) >= 11 is 6.03. The van der Waals surface area contributed by atoms with Gasteiger partial charge in [-0.3, -0.25) is 9.69 Å². The quantitative estimate of drug-likeness (QED) is 0.562. The molecule has 1 saturated heterocycles. The number of carbonyl (C=O) groups is 1. The second-order valence-electron chi connectivity index (χ2n) is 8.23. The number of amides is 1. The monoisotopic (exact) mass is 456 g/mol. The number of piperidine rings is 1. The molecule has 1 amide bonds. The summed E-state index contributed by atoms with van der Waals surface area (Å²) in [5, 5.41) is 15.2. The standard InChI is InChI=1S/C23H26ClFN6O/c24-20-5-3-18(4-6-20)19(15-31-16-26-28-29-31)13-23(32)27-22-9-11-30(12-10-22)14-17-1-7-21(25)8-2-17/h1-8,16,19,22H,9-15H2,(H,27,32)/t19-/m1/s1. The average molecular weight is 457 g/mol. The van der Waals surface area contributed by atoms with Gasteiger partial charge in [-0.05, 0) is 58.7 Å². The number of aromatic nitrogens is 4. The summed E-state index contributed by atoms with van der Waals surface area (Å²) in [4.78, 5) is 15.2. The number of hydrogen-bond acceptors (Lipinski definition) is 5. The molecule has 1 aliphatic rings. The van der Waals surface area contributed by atoms with Crippen LogP contribution in [0.2, 0.25) is 5.02 Å². The summed E-state index contributed by atoms with van der Waals surface area (Å²) in [6.07, 6.45) is 3.69. The van der Waals surface area contributed by atoms with Crippen molar-refractivity contribution in [1.82, 2.24) is 30.4 Å². The number of carbonyl (C=O) groups excluding carboxylic acids is 1. The molecule has 9 heteroatoms. The molecule has 0 spiro atoms. The average Bonchev–Trinajstić information content (AvgIpc) is 3.30. The van der Waals surface area contributed by atoms with Crippen LogP contribution in [-0.4, -0.2) is 50.1 Å². The normalized spacial score (nSPS) is 16.1. The van der Waals surface area contributed by atoms with E-state index in [1.54, 1.807) is 11.0 Å². The minimum absolute atomic E-state index is 0.0232. The Balaban J connectivity index is 1.29. The lowest BCUT2D eigenvalue weighted by molar-refractivity contribution is -0.122. The Morgan fingerprint density at radius 2 is 1.84 bits per heavy atom. The van der Waals surface area contributed by atoms with Crippen molar-refractivity contribution in [1.29, 1.82) is 0 Å². The van der Waals surface area contributed by atoms with Crippen LogP contribution in [-0.2, 0) is 17.9 Å². The van der Waals surface area contributed by atoms with E-state index >= 15 is 0 Å². The van der Waals surface area contributed by atoms with E-state index in [-0.39, 0.29) is 23.7 Å². The molecule has 3 aromatic rings. The second kappa shape index (κ2) is 10.7. The zero-order chi connectivity index (χ0) is 22.3. The van der Waals surface area contributed by atoms with Gasteiger partial charge >= 0.3 is 0 Å². The zero-order valence-corrected chi connectivity index (χ0v) is 18.5. The highest BCUT2D eigenvalue weighted by Gasteiger charge is 2.23. The van der Waals surface area contributed by atoms with E-state index in [9.17, 15) is 9.18 Å². The molecule has 168 valence electrons. The molecule has 2 heterocycles. The van der Waals surface area contributed by atoms with Crippen molar-refractivity contribution in [2.75, 3.05) is 13.1 Å². The molecule has 1 N–H and O–H groups in total. The van der Waals surface area contributed by atoms with Crippen molar-refractivity contribution in [3.8, 4) is 0 Å². The van der Waals surface area contributed by atoms with Gasteiger partial charge < -0.3 is 5.32 Å². The van der Waals surface area contributed by atoms with Gasteiger partial charge in [0.05, 0.1) is 6.54 Å². The Hall–Kier alpha value is -2.84. The lowest BCUT2D eigenvalue weighted by atomic mass is 9.94. The maximum atomic E-state index is 13.1. The Morgan fingerprint density at radius 1 is 1.12 bits per heavy atom. The van der Waals surface area contributed by atoms with Crippen LogP contribution in [0.15, 0.2) is 54.9 Å². The second-order valence-corrected chi connectivity index (χ2v) is 8.67. The Morgan fingerprint density at radius 3 is 2.50 bits per heavy atom. The number of rotatable bonds is 8. The summed E-state index contributed by atoms with van der Waals surface area (Å²) in [5.74, 6) is -0.253. The van der Waals surface area contributed by atoms with Crippen LogP contribution in [0.3, 0.4) is 0 Å². The maximum Gasteiger partial charge on any atom is 0.220 e. The third-order valence-electron chi connectivity index (χ3n) is 5.84. The van der Waals surface area contributed by atoms with Crippen LogP contribution in [0.4, 0.5) is 4.39 Å². The van der Waals surface area contributed by atoms with Gasteiger partial charge in [0.15, 0.2) is 0 Å². The van der Waals surface area contributed by atoms with E-state index in [1.807, 2.05) is 36.4 Å². The smallest absolute Gasteiger partial charge is 0.220 e. The summed E-state index contributed by atoms with van der Waals surface area (Å²) in [6.45, 7) is 3.10. The van der Waals surface area contributed by atoms with Gasteiger partial charge in [-0.2, -0.15) is 0 Å². The third kappa shape index (κ3) is 6.34. The zero-order valence-electron chi connectivity index (χ0n) is 17.7. The van der Waals surface area contributed by atoms with Crippen LogP contribution in [0.25, 0.3) is 0 Å². The SMILES string of the molecule is O=C(C[C@H](Cn1cnnn1)c1ccc(Cl)cc1)NC1CCN(Cc2ccc(F)cc2)CC1. The summed E-state index contributed by atoms with van der Waals surface area (Å²) in [5.41, 5.74) is 2.12. The Bertz CT molecular complexity index is 988. The Kier molecular flexibility index (Phi) is 7.44. The first-order chi connectivity index (χ1) is 15.5. The van der Waals surface area contributed by atoms with Gasteiger partial charge in [-0.1, -0.05) is 35.9 Å². The van der Waals surface area contributed by atoms with Gasteiger partial charge in [0, 0.05) is 43.0 Å². The molecule has 0 radical (unpaired) electrons. The number of nitrogens with one attached hydrogen (secondary N) is 1. The van der Waals surface area contributed by atoms with Crippen LogP contribution < -0.4 is 5.32 Å². The van der Waals surface area contributed by atoms with Gasteiger partial charge in [0.2, 0.25) is 5.91 Å². The molecule has 2 aromatic carbocycles. The van der Waals surface area contributed by atoms with Crippen LogP contribution in [0, 0.1) is 5.82 Å². The molecule has 1 aliphatic heterocycles. The lowest BCUT2D eigenvalue weighted by Gasteiger charge is -2.32. The number of benzene rings is 2. The molecule has 4 rings (SSSR count). The molecule has 0 aliphatic carbocycles. The topological polar surface area (TPSA) is 75.9 Å². The number of halogens is 2.